The number of hydrogen-bond acceptors (Lipinski definition) is 5. The molecule has 2 aromatic heterocycles. The average molecular weight is 379 g/mol. The zero-order valence-corrected chi connectivity index (χ0v) is 16.7. The molecule has 0 spiro atoms. The summed E-state index contributed by atoms with van der Waals surface area (Å²) in [6, 6.07) is 0. The second-order valence-corrected chi connectivity index (χ2v) is 9.66. The van der Waals surface area contributed by atoms with Gasteiger partial charge in [0.2, 0.25) is 0 Å². The van der Waals surface area contributed by atoms with E-state index >= 15 is 0 Å². The van der Waals surface area contributed by atoms with Crippen molar-refractivity contribution in [2.75, 3.05) is 6.61 Å². The maximum atomic E-state index is 13.4. The lowest BCUT2D eigenvalue weighted by molar-refractivity contribution is 0.0937. The van der Waals surface area contributed by atoms with Gasteiger partial charge in [-0.2, -0.15) is 0 Å². The summed E-state index contributed by atoms with van der Waals surface area (Å²) >= 11 is 3.48. The Balaban J connectivity index is 1.83. The molecule has 2 aromatic rings. The number of aromatic nitrogens is 2. The van der Waals surface area contributed by atoms with Gasteiger partial charge in [0.25, 0.3) is 5.56 Å². The van der Waals surface area contributed by atoms with Gasteiger partial charge in [-0.05, 0) is 50.5 Å². The van der Waals surface area contributed by atoms with Crippen LogP contribution in [0.15, 0.2) is 9.95 Å². The fraction of sp³-hybridized carbons (Fsp3) is 0.684. The van der Waals surface area contributed by atoms with E-state index in [9.17, 15) is 4.79 Å². The van der Waals surface area contributed by atoms with Gasteiger partial charge in [-0.1, -0.05) is 25.6 Å². The Morgan fingerprint density at radius 1 is 1.36 bits per heavy atom. The van der Waals surface area contributed by atoms with E-state index in [-0.39, 0.29) is 11.7 Å². The Bertz CT molecular complexity index is 821. The van der Waals surface area contributed by atoms with Crippen LogP contribution in [0.5, 0.6) is 0 Å². The third kappa shape index (κ3) is 3.40. The Labute approximate surface area is 157 Å². The first-order chi connectivity index (χ1) is 12.2. The van der Waals surface area contributed by atoms with E-state index in [1.165, 1.54) is 23.3 Å². The first kappa shape index (κ1) is 17.6. The summed E-state index contributed by atoms with van der Waals surface area (Å²) in [4.78, 5) is 20.7. The molecule has 4 rings (SSSR count). The van der Waals surface area contributed by atoms with Gasteiger partial charge in [0, 0.05) is 16.7 Å². The minimum Gasteiger partial charge on any atom is -0.376 e. The zero-order chi connectivity index (χ0) is 17.4. The predicted molar refractivity (Wildman–Crippen MR) is 105 cm³/mol. The van der Waals surface area contributed by atoms with Crippen molar-refractivity contribution in [2.24, 2.45) is 0 Å². The first-order valence-electron chi connectivity index (χ1n) is 9.50. The van der Waals surface area contributed by atoms with Crippen molar-refractivity contribution in [3.8, 4) is 0 Å². The second-order valence-electron chi connectivity index (χ2n) is 7.17. The van der Waals surface area contributed by atoms with Crippen molar-refractivity contribution in [1.82, 2.24) is 9.55 Å². The van der Waals surface area contributed by atoms with Crippen LogP contribution in [0.4, 0.5) is 0 Å². The SMILES string of the molecule is CCC(C)Sc1nc2sc3c(c2c(=O)n1CC1CCCO1)CCCC3. The standard InChI is InChI=1S/C19H26N2O2S2/c1-3-12(2)24-19-20-17-16(14-8-4-5-9-15(14)25-17)18(22)21(19)11-13-7-6-10-23-13/h12-13H,3-11H2,1-2H3. The fourth-order valence-electron chi connectivity index (χ4n) is 3.73. The Morgan fingerprint density at radius 3 is 2.96 bits per heavy atom. The van der Waals surface area contributed by atoms with Crippen molar-refractivity contribution >= 4 is 33.3 Å². The maximum absolute atomic E-state index is 13.4. The highest BCUT2D eigenvalue weighted by atomic mass is 32.2. The van der Waals surface area contributed by atoms with E-state index in [1.54, 1.807) is 23.1 Å². The van der Waals surface area contributed by atoms with Gasteiger partial charge in [-0.25, -0.2) is 4.98 Å². The lowest BCUT2D eigenvalue weighted by Crippen LogP contribution is -2.29. The van der Waals surface area contributed by atoms with Crippen molar-refractivity contribution < 1.29 is 4.74 Å². The van der Waals surface area contributed by atoms with Gasteiger partial charge >= 0.3 is 0 Å². The van der Waals surface area contributed by atoms with Crippen LogP contribution in [0.2, 0.25) is 0 Å². The molecule has 4 nitrogen and oxygen atoms in total. The van der Waals surface area contributed by atoms with Crippen LogP contribution in [0.25, 0.3) is 10.2 Å². The van der Waals surface area contributed by atoms with Crippen LogP contribution in [0.3, 0.4) is 0 Å². The number of fused-ring (bicyclic) bond motifs is 3. The van der Waals surface area contributed by atoms with Crippen molar-refractivity contribution in [2.45, 2.75) is 81.8 Å². The highest BCUT2D eigenvalue weighted by Gasteiger charge is 2.25. The molecule has 0 amide bonds. The van der Waals surface area contributed by atoms with Gasteiger partial charge in [-0.3, -0.25) is 9.36 Å². The number of ether oxygens (including phenoxy) is 1. The highest BCUT2D eigenvalue weighted by molar-refractivity contribution is 7.99. The summed E-state index contributed by atoms with van der Waals surface area (Å²) in [6.45, 7) is 5.85. The van der Waals surface area contributed by atoms with E-state index in [0.29, 0.717) is 11.8 Å². The molecule has 136 valence electrons. The first-order valence-corrected chi connectivity index (χ1v) is 11.2. The molecular formula is C19H26N2O2S2. The molecule has 2 atom stereocenters. The fourth-order valence-corrected chi connectivity index (χ4v) is 5.99. The molecule has 2 unspecified atom stereocenters. The van der Waals surface area contributed by atoms with Crippen LogP contribution in [-0.4, -0.2) is 27.5 Å². The highest BCUT2D eigenvalue weighted by Crippen LogP contribution is 2.35. The van der Waals surface area contributed by atoms with Gasteiger partial charge in [0.1, 0.15) is 4.83 Å². The normalized spacial score (nSPS) is 21.6. The molecule has 1 aliphatic heterocycles. The topological polar surface area (TPSA) is 44.1 Å². The molecule has 1 saturated heterocycles. The third-order valence-corrected chi connectivity index (χ3v) is 7.78. The smallest absolute Gasteiger partial charge is 0.263 e. The van der Waals surface area contributed by atoms with Crippen LogP contribution in [-0.2, 0) is 24.1 Å². The summed E-state index contributed by atoms with van der Waals surface area (Å²) in [5, 5.41) is 2.22. The maximum Gasteiger partial charge on any atom is 0.263 e. The molecule has 1 fully saturated rings. The number of thiophene rings is 1. The molecule has 0 aromatic carbocycles. The monoisotopic (exact) mass is 378 g/mol. The summed E-state index contributed by atoms with van der Waals surface area (Å²) in [6.07, 6.45) is 7.92. The lowest BCUT2D eigenvalue weighted by atomic mass is 9.97. The van der Waals surface area contributed by atoms with Gasteiger partial charge < -0.3 is 4.74 Å². The minimum absolute atomic E-state index is 0.155. The molecule has 0 saturated carbocycles. The number of nitrogens with zero attached hydrogens (tertiary/aromatic N) is 2. The van der Waals surface area contributed by atoms with Gasteiger partial charge in [0.15, 0.2) is 5.16 Å². The quantitative estimate of drug-likeness (QED) is 0.571. The average Bonchev–Trinajstić information content (AvgIpc) is 3.25. The van der Waals surface area contributed by atoms with E-state index in [2.05, 4.69) is 13.8 Å². The molecule has 0 N–H and O–H groups in total. The number of thioether (sulfide) groups is 1. The number of hydrogen-bond donors (Lipinski definition) is 0. The van der Waals surface area contributed by atoms with E-state index in [1.807, 2.05) is 4.57 Å². The van der Waals surface area contributed by atoms with Crippen LogP contribution in [0, 0.1) is 0 Å². The van der Waals surface area contributed by atoms with Crippen LogP contribution < -0.4 is 5.56 Å². The summed E-state index contributed by atoms with van der Waals surface area (Å²) < 4.78 is 7.72. The molecule has 2 aliphatic rings. The Hall–Kier alpha value is -0.850. The lowest BCUT2D eigenvalue weighted by Gasteiger charge is -2.18. The van der Waals surface area contributed by atoms with Crippen molar-refractivity contribution in [1.29, 1.82) is 0 Å². The van der Waals surface area contributed by atoms with E-state index in [4.69, 9.17) is 9.72 Å². The molecular weight excluding hydrogens is 352 g/mol. The van der Waals surface area contributed by atoms with Crippen LogP contribution >= 0.6 is 23.1 Å². The molecule has 6 heteroatoms. The molecule has 3 heterocycles. The minimum atomic E-state index is 0.155. The summed E-state index contributed by atoms with van der Waals surface area (Å²) in [7, 11) is 0. The molecule has 1 aliphatic carbocycles. The number of aryl methyl sites for hydroxylation is 2. The van der Waals surface area contributed by atoms with Gasteiger partial charge in [-0.15, -0.1) is 11.3 Å². The predicted octanol–water partition coefficient (Wildman–Crippen LogP) is 4.41. The van der Waals surface area contributed by atoms with Crippen LogP contribution in [0.1, 0.15) is 56.4 Å². The summed E-state index contributed by atoms with van der Waals surface area (Å²) in [5.41, 5.74) is 1.44. The zero-order valence-electron chi connectivity index (χ0n) is 15.0. The van der Waals surface area contributed by atoms with E-state index in [0.717, 1.165) is 54.1 Å². The van der Waals surface area contributed by atoms with Gasteiger partial charge in [0.05, 0.1) is 18.0 Å². The third-order valence-electron chi connectivity index (χ3n) is 5.33. The molecule has 0 radical (unpaired) electrons. The molecule has 0 bridgehead atoms. The summed E-state index contributed by atoms with van der Waals surface area (Å²) in [5.74, 6) is 0. The Kier molecular flexibility index (Phi) is 5.20. The number of rotatable bonds is 5. The largest absolute Gasteiger partial charge is 0.376 e. The van der Waals surface area contributed by atoms with E-state index < -0.39 is 0 Å². The Morgan fingerprint density at radius 2 is 2.20 bits per heavy atom. The molecule has 25 heavy (non-hydrogen) atoms. The van der Waals surface area contributed by atoms with Crippen molar-refractivity contribution in [3.63, 3.8) is 0 Å². The van der Waals surface area contributed by atoms with Crippen molar-refractivity contribution in [3.05, 3.63) is 20.8 Å². The second kappa shape index (κ2) is 7.41.